The van der Waals surface area contributed by atoms with Gasteiger partial charge in [-0.1, -0.05) is 42.5 Å². The van der Waals surface area contributed by atoms with Crippen molar-refractivity contribution in [3.63, 3.8) is 0 Å². The van der Waals surface area contributed by atoms with Gasteiger partial charge in [0.15, 0.2) is 0 Å². The molecule has 0 aromatic heterocycles. The Balaban J connectivity index is 2.43. The van der Waals surface area contributed by atoms with Gasteiger partial charge < -0.3 is 10.8 Å². The Hall–Kier alpha value is -2.55. The zero-order chi connectivity index (χ0) is 13.0. The summed E-state index contributed by atoms with van der Waals surface area (Å²) in [6, 6.07) is 16.1. The van der Waals surface area contributed by atoms with E-state index in [1.54, 1.807) is 42.5 Å². The van der Waals surface area contributed by atoms with E-state index < -0.39 is 5.97 Å². The molecule has 0 aliphatic rings. The third-order valence-electron chi connectivity index (χ3n) is 2.56. The minimum atomic E-state index is -0.946. The molecule has 0 amide bonds. The number of aliphatic carboxylic acids is 1. The van der Waals surface area contributed by atoms with Crippen LogP contribution in [0.1, 0.15) is 11.1 Å². The molecule has 2 rings (SSSR count). The van der Waals surface area contributed by atoms with E-state index >= 15 is 0 Å². The Morgan fingerprint density at radius 1 is 1.00 bits per heavy atom. The van der Waals surface area contributed by atoms with E-state index in [9.17, 15) is 9.90 Å². The lowest BCUT2D eigenvalue weighted by atomic mass is 10.0. The molecule has 0 fully saturated rings. The molecule has 3 N–H and O–H groups in total. The summed E-state index contributed by atoms with van der Waals surface area (Å²) in [5.74, 6) is -0.946. The number of carboxylic acid groups (broad SMARTS) is 1. The van der Waals surface area contributed by atoms with Gasteiger partial charge in [0, 0.05) is 5.69 Å². The number of nitrogen functional groups attached to an aromatic ring is 1. The molecular formula is C15H13NO2. The van der Waals surface area contributed by atoms with Crippen molar-refractivity contribution in [3.8, 4) is 0 Å². The van der Waals surface area contributed by atoms with Gasteiger partial charge in [0.1, 0.15) is 0 Å². The summed E-state index contributed by atoms with van der Waals surface area (Å²) in [6.07, 6.45) is 1.64. The Labute approximate surface area is 105 Å². The number of carboxylic acids is 1. The van der Waals surface area contributed by atoms with Gasteiger partial charge in [-0.05, 0) is 29.3 Å². The van der Waals surface area contributed by atoms with Gasteiger partial charge in [-0.3, -0.25) is 0 Å². The lowest BCUT2D eigenvalue weighted by Crippen LogP contribution is -1.99. The van der Waals surface area contributed by atoms with Gasteiger partial charge in [-0.15, -0.1) is 0 Å². The van der Waals surface area contributed by atoms with Crippen LogP contribution < -0.4 is 5.73 Å². The van der Waals surface area contributed by atoms with Crippen LogP contribution >= 0.6 is 0 Å². The highest BCUT2D eigenvalue weighted by molar-refractivity contribution is 6.20. The molecule has 2 aromatic carbocycles. The molecule has 90 valence electrons. The summed E-state index contributed by atoms with van der Waals surface area (Å²) in [5.41, 5.74) is 8.00. The lowest BCUT2D eigenvalue weighted by molar-refractivity contribution is -0.130. The summed E-state index contributed by atoms with van der Waals surface area (Å²) in [6.45, 7) is 0. The second-order valence-electron chi connectivity index (χ2n) is 3.90. The Bertz CT molecular complexity index is 571. The summed E-state index contributed by atoms with van der Waals surface area (Å²) in [7, 11) is 0. The van der Waals surface area contributed by atoms with E-state index in [-0.39, 0.29) is 5.57 Å². The number of hydrogen-bond acceptors (Lipinski definition) is 2. The molecule has 0 bridgehead atoms. The van der Waals surface area contributed by atoms with Crippen molar-refractivity contribution in [3.05, 3.63) is 65.7 Å². The molecule has 0 saturated carbocycles. The van der Waals surface area contributed by atoms with E-state index in [0.717, 1.165) is 5.56 Å². The maximum absolute atomic E-state index is 11.3. The maximum Gasteiger partial charge on any atom is 0.336 e. The number of carbonyl (C=O) groups is 1. The smallest absolute Gasteiger partial charge is 0.336 e. The van der Waals surface area contributed by atoms with Crippen LogP contribution in [0.3, 0.4) is 0 Å². The molecule has 0 saturated heterocycles. The van der Waals surface area contributed by atoms with Crippen LogP contribution in [0.4, 0.5) is 5.69 Å². The van der Waals surface area contributed by atoms with Crippen LogP contribution in [0, 0.1) is 0 Å². The predicted molar refractivity (Wildman–Crippen MR) is 72.8 cm³/mol. The fraction of sp³-hybridized carbons (Fsp3) is 0. The highest BCUT2D eigenvalue weighted by Crippen LogP contribution is 2.19. The third-order valence-corrected chi connectivity index (χ3v) is 2.56. The third kappa shape index (κ3) is 2.77. The number of anilines is 1. The van der Waals surface area contributed by atoms with E-state index in [2.05, 4.69) is 0 Å². The lowest BCUT2D eigenvalue weighted by Gasteiger charge is -2.03. The second-order valence-corrected chi connectivity index (χ2v) is 3.90. The molecule has 18 heavy (non-hydrogen) atoms. The van der Waals surface area contributed by atoms with Gasteiger partial charge in [0.2, 0.25) is 0 Å². The van der Waals surface area contributed by atoms with E-state index in [0.29, 0.717) is 11.3 Å². The first kappa shape index (κ1) is 11.9. The van der Waals surface area contributed by atoms with Crippen molar-refractivity contribution >= 4 is 23.3 Å². The quantitative estimate of drug-likeness (QED) is 0.491. The van der Waals surface area contributed by atoms with Gasteiger partial charge in [0.05, 0.1) is 5.57 Å². The summed E-state index contributed by atoms with van der Waals surface area (Å²) in [4.78, 5) is 11.3. The molecule has 0 aliphatic heterocycles. The maximum atomic E-state index is 11.3. The minimum absolute atomic E-state index is 0.264. The summed E-state index contributed by atoms with van der Waals surface area (Å²) < 4.78 is 0. The molecule has 3 nitrogen and oxygen atoms in total. The van der Waals surface area contributed by atoms with Crippen LogP contribution in [0.25, 0.3) is 11.6 Å². The number of hydrogen-bond donors (Lipinski definition) is 2. The second kappa shape index (κ2) is 5.19. The Morgan fingerprint density at radius 3 is 2.17 bits per heavy atom. The molecule has 0 heterocycles. The van der Waals surface area contributed by atoms with Crippen LogP contribution in [0.15, 0.2) is 54.6 Å². The number of nitrogens with two attached hydrogens (primary N) is 1. The van der Waals surface area contributed by atoms with E-state index in [1.807, 2.05) is 18.2 Å². The predicted octanol–water partition coefficient (Wildman–Crippen LogP) is 2.89. The first-order valence-corrected chi connectivity index (χ1v) is 5.53. The van der Waals surface area contributed by atoms with Crippen LogP contribution in [-0.4, -0.2) is 11.1 Å². The van der Waals surface area contributed by atoms with Crippen molar-refractivity contribution in [2.75, 3.05) is 5.73 Å². The fourth-order valence-corrected chi connectivity index (χ4v) is 1.65. The molecular weight excluding hydrogens is 226 g/mol. The average molecular weight is 239 g/mol. The summed E-state index contributed by atoms with van der Waals surface area (Å²) >= 11 is 0. The van der Waals surface area contributed by atoms with Crippen molar-refractivity contribution in [1.29, 1.82) is 0 Å². The molecule has 3 heteroatoms. The van der Waals surface area contributed by atoms with Crippen molar-refractivity contribution in [1.82, 2.24) is 0 Å². The number of rotatable bonds is 3. The molecule has 0 radical (unpaired) electrons. The average Bonchev–Trinajstić information content (AvgIpc) is 2.38. The van der Waals surface area contributed by atoms with Crippen molar-refractivity contribution in [2.24, 2.45) is 0 Å². The molecule has 0 aliphatic carbocycles. The fourth-order valence-electron chi connectivity index (χ4n) is 1.65. The van der Waals surface area contributed by atoms with Crippen molar-refractivity contribution in [2.45, 2.75) is 0 Å². The normalized spacial score (nSPS) is 11.2. The topological polar surface area (TPSA) is 63.3 Å². The highest BCUT2D eigenvalue weighted by atomic mass is 16.4. The van der Waals surface area contributed by atoms with Gasteiger partial charge >= 0.3 is 5.97 Å². The first-order chi connectivity index (χ1) is 8.66. The largest absolute Gasteiger partial charge is 0.478 e. The van der Waals surface area contributed by atoms with Crippen LogP contribution in [-0.2, 0) is 4.79 Å². The summed E-state index contributed by atoms with van der Waals surface area (Å²) in [5, 5.41) is 9.25. The number of benzene rings is 2. The molecule has 2 aromatic rings. The zero-order valence-corrected chi connectivity index (χ0v) is 9.71. The minimum Gasteiger partial charge on any atom is -0.478 e. The Morgan fingerprint density at radius 2 is 1.61 bits per heavy atom. The monoisotopic (exact) mass is 239 g/mol. The molecule has 0 unspecified atom stereocenters. The van der Waals surface area contributed by atoms with E-state index in [1.165, 1.54) is 0 Å². The van der Waals surface area contributed by atoms with Gasteiger partial charge in [0.25, 0.3) is 0 Å². The standard InChI is InChI=1S/C15H13NO2/c16-13-8-6-11(7-9-13)10-14(15(17)18)12-4-2-1-3-5-12/h1-10H,16H2,(H,17,18). The van der Waals surface area contributed by atoms with Gasteiger partial charge in [-0.2, -0.15) is 0 Å². The van der Waals surface area contributed by atoms with Crippen LogP contribution in [0.5, 0.6) is 0 Å². The molecule has 0 spiro atoms. The molecule has 0 atom stereocenters. The van der Waals surface area contributed by atoms with Gasteiger partial charge in [-0.25, -0.2) is 4.79 Å². The zero-order valence-electron chi connectivity index (χ0n) is 9.71. The Kier molecular flexibility index (Phi) is 3.44. The van der Waals surface area contributed by atoms with Crippen molar-refractivity contribution < 1.29 is 9.90 Å². The van der Waals surface area contributed by atoms with Crippen LogP contribution in [0.2, 0.25) is 0 Å². The van der Waals surface area contributed by atoms with E-state index in [4.69, 9.17) is 5.73 Å². The SMILES string of the molecule is Nc1ccc(C=C(C(=O)O)c2ccccc2)cc1. The highest BCUT2D eigenvalue weighted by Gasteiger charge is 2.09. The first-order valence-electron chi connectivity index (χ1n) is 5.53.